The van der Waals surface area contributed by atoms with Crippen LogP contribution < -0.4 is 5.32 Å². The van der Waals surface area contributed by atoms with Gasteiger partial charge in [-0.25, -0.2) is 4.98 Å². The minimum atomic E-state index is -0.285. The monoisotopic (exact) mass is 421 g/mol. The first kappa shape index (κ1) is 19.9. The fourth-order valence-corrected chi connectivity index (χ4v) is 3.99. The van der Waals surface area contributed by atoms with Gasteiger partial charge in [0, 0.05) is 29.7 Å². The van der Waals surface area contributed by atoms with Gasteiger partial charge in [0.1, 0.15) is 6.42 Å². The molecule has 0 spiro atoms. The number of imidazole rings is 1. The lowest BCUT2D eigenvalue weighted by atomic mass is 10.2. The first-order valence-corrected chi connectivity index (χ1v) is 10.1. The van der Waals surface area contributed by atoms with Crippen molar-refractivity contribution in [3.63, 3.8) is 0 Å². The number of para-hydroxylation sites is 2. The highest BCUT2D eigenvalue weighted by Crippen LogP contribution is 2.26. The fourth-order valence-electron chi connectivity index (χ4n) is 3.86. The van der Waals surface area contributed by atoms with Crippen LogP contribution in [-0.2, 0) is 11.3 Å². The van der Waals surface area contributed by atoms with Crippen molar-refractivity contribution in [3.8, 4) is 6.07 Å². The van der Waals surface area contributed by atoms with Crippen molar-refractivity contribution in [2.75, 3.05) is 11.9 Å². The summed E-state index contributed by atoms with van der Waals surface area (Å²) in [5.74, 6) is -0.0149. The van der Waals surface area contributed by atoms with E-state index in [4.69, 9.17) is 16.9 Å². The normalized spacial score (nSPS) is 15.9. The van der Waals surface area contributed by atoms with Crippen molar-refractivity contribution in [1.29, 1.82) is 5.26 Å². The van der Waals surface area contributed by atoms with Crippen molar-refractivity contribution in [2.45, 2.75) is 31.8 Å². The number of benzene rings is 2. The first-order chi connectivity index (χ1) is 14.6. The molecule has 0 aliphatic carbocycles. The smallest absolute Gasteiger partial charge is 0.257 e. The number of nitrogens with one attached hydrogen (secondary N) is 1. The Morgan fingerprint density at radius 1 is 1.20 bits per heavy atom. The second kappa shape index (κ2) is 8.56. The van der Waals surface area contributed by atoms with Gasteiger partial charge in [0.2, 0.25) is 11.9 Å². The van der Waals surface area contributed by atoms with Gasteiger partial charge < -0.3 is 9.47 Å². The maximum absolute atomic E-state index is 12.7. The number of fused-ring (bicyclic) bond motifs is 1. The predicted molar refractivity (Wildman–Crippen MR) is 114 cm³/mol. The molecule has 1 saturated heterocycles. The SMILES string of the molecule is N#CCC(=O)N1CCCC1Cn1c(NC(=O)c2ccc(Cl)cc2)nc2ccccc21. The van der Waals surface area contributed by atoms with Gasteiger partial charge in [0.15, 0.2) is 0 Å². The summed E-state index contributed by atoms with van der Waals surface area (Å²) in [7, 11) is 0. The van der Waals surface area contributed by atoms with E-state index in [0.717, 1.165) is 23.9 Å². The third kappa shape index (κ3) is 4.00. The van der Waals surface area contributed by atoms with E-state index in [1.807, 2.05) is 34.9 Å². The van der Waals surface area contributed by atoms with E-state index in [9.17, 15) is 9.59 Å². The lowest BCUT2D eigenvalue weighted by Gasteiger charge is -2.25. The number of nitriles is 1. The van der Waals surface area contributed by atoms with Gasteiger partial charge in [-0.3, -0.25) is 14.9 Å². The number of halogens is 1. The van der Waals surface area contributed by atoms with Crippen molar-refractivity contribution < 1.29 is 9.59 Å². The van der Waals surface area contributed by atoms with E-state index in [2.05, 4.69) is 10.3 Å². The molecule has 2 heterocycles. The molecule has 7 nitrogen and oxygen atoms in total. The van der Waals surface area contributed by atoms with E-state index >= 15 is 0 Å². The van der Waals surface area contributed by atoms with Crippen molar-refractivity contribution in [1.82, 2.24) is 14.5 Å². The van der Waals surface area contributed by atoms with Crippen LogP contribution in [0.2, 0.25) is 5.02 Å². The van der Waals surface area contributed by atoms with Crippen LogP contribution in [0, 0.1) is 11.3 Å². The van der Waals surface area contributed by atoms with Crippen molar-refractivity contribution >= 4 is 40.4 Å². The molecule has 0 radical (unpaired) electrons. The highest BCUT2D eigenvalue weighted by molar-refractivity contribution is 6.30. The van der Waals surface area contributed by atoms with E-state index in [1.165, 1.54) is 0 Å². The number of likely N-dealkylation sites (tertiary alicyclic amines) is 1. The minimum Gasteiger partial charge on any atom is -0.337 e. The van der Waals surface area contributed by atoms with Gasteiger partial charge in [0.05, 0.1) is 17.1 Å². The second-order valence-electron chi connectivity index (χ2n) is 7.21. The Kier molecular flexibility index (Phi) is 5.68. The summed E-state index contributed by atoms with van der Waals surface area (Å²) in [6, 6.07) is 16.2. The molecule has 1 fully saturated rings. The predicted octanol–water partition coefficient (Wildman–Crippen LogP) is 3.85. The summed E-state index contributed by atoms with van der Waals surface area (Å²) in [6.45, 7) is 1.14. The van der Waals surface area contributed by atoms with Crippen LogP contribution in [0.4, 0.5) is 5.95 Å². The van der Waals surface area contributed by atoms with Gasteiger partial charge >= 0.3 is 0 Å². The van der Waals surface area contributed by atoms with Crippen LogP contribution in [0.15, 0.2) is 48.5 Å². The van der Waals surface area contributed by atoms with Gasteiger partial charge in [-0.1, -0.05) is 23.7 Å². The van der Waals surface area contributed by atoms with Gasteiger partial charge in [0.25, 0.3) is 5.91 Å². The van der Waals surface area contributed by atoms with Crippen molar-refractivity contribution in [2.24, 2.45) is 0 Å². The number of hydrogen-bond donors (Lipinski definition) is 1. The molecule has 1 aromatic heterocycles. The van der Waals surface area contributed by atoms with Crippen LogP contribution >= 0.6 is 11.6 Å². The lowest BCUT2D eigenvalue weighted by Crippen LogP contribution is -2.38. The average molecular weight is 422 g/mol. The maximum atomic E-state index is 12.7. The highest BCUT2D eigenvalue weighted by atomic mass is 35.5. The lowest BCUT2D eigenvalue weighted by molar-refractivity contribution is -0.131. The molecule has 1 N–H and O–H groups in total. The molecule has 2 amide bonds. The largest absolute Gasteiger partial charge is 0.337 e. The number of nitrogens with zero attached hydrogens (tertiary/aromatic N) is 4. The highest BCUT2D eigenvalue weighted by Gasteiger charge is 2.30. The number of hydrogen-bond acceptors (Lipinski definition) is 4. The summed E-state index contributed by atoms with van der Waals surface area (Å²) >= 11 is 5.91. The van der Waals surface area contributed by atoms with E-state index in [1.54, 1.807) is 29.2 Å². The number of carbonyl (C=O) groups excluding carboxylic acids is 2. The van der Waals surface area contributed by atoms with E-state index < -0.39 is 0 Å². The zero-order valence-electron chi connectivity index (χ0n) is 16.2. The summed E-state index contributed by atoms with van der Waals surface area (Å²) in [6.07, 6.45) is 1.61. The Morgan fingerprint density at radius 2 is 1.97 bits per heavy atom. The summed E-state index contributed by atoms with van der Waals surface area (Å²) in [5.41, 5.74) is 2.12. The quantitative estimate of drug-likeness (QED) is 0.677. The zero-order chi connectivity index (χ0) is 21.1. The molecule has 1 aliphatic heterocycles. The summed E-state index contributed by atoms with van der Waals surface area (Å²) in [5, 5.41) is 12.3. The molecule has 1 aliphatic rings. The number of amides is 2. The van der Waals surface area contributed by atoms with Crippen LogP contribution in [-0.4, -0.2) is 38.9 Å². The Labute approximate surface area is 178 Å². The standard InChI is InChI=1S/C22H20ClN5O2/c23-16-9-7-15(8-10-16)21(30)26-22-25-18-5-1-2-6-19(18)28(22)14-17-4-3-13-27(17)20(29)11-12-24/h1-2,5-10,17H,3-4,11,13-14H2,(H,25,26,30). The molecule has 3 aromatic rings. The number of carbonyl (C=O) groups is 2. The van der Waals surface area contributed by atoms with Crippen LogP contribution in [0.3, 0.4) is 0 Å². The number of rotatable bonds is 5. The molecule has 0 saturated carbocycles. The second-order valence-corrected chi connectivity index (χ2v) is 7.65. The minimum absolute atomic E-state index is 0.0466. The number of aromatic nitrogens is 2. The molecule has 152 valence electrons. The van der Waals surface area contributed by atoms with E-state index in [0.29, 0.717) is 29.6 Å². The Hall–Kier alpha value is -3.37. The first-order valence-electron chi connectivity index (χ1n) is 9.75. The van der Waals surface area contributed by atoms with Gasteiger partial charge in [-0.2, -0.15) is 5.26 Å². The Bertz CT molecular complexity index is 1130. The molecule has 2 aromatic carbocycles. The molecule has 0 bridgehead atoms. The van der Waals surface area contributed by atoms with Crippen LogP contribution in [0.1, 0.15) is 29.6 Å². The van der Waals surface area contributed by atoms with Gasteiger partial charge in [-0.15, -0.1) is 0 Å². The van der Waals surface area contributed by atoms with Crippen LogP contribution in [0.5, 0.6) is 0 Å². The van der Waals surface area contributed by atoms with E-state index in [-0.39, 0.29) is 24.3 Å². The Balaban J connectivity index is 1.64. The Morgan fingerprint density at radius 3 is 2.73 bits per heavy atom. The molecule has 1 unspecified atom stereocenters. The molecule has 1 atom stereocenters. The summed E-state index contributed by atoms with van der Waals surface area (Å²) in [4.78, 5) is 31.4. The van der Waals surface area contributed by atoms with Crippen molar-refractivity contribution in [3.05, 3.63) is 59.1 Å². The molecular formula is C22H20ClN5O2. The topological polar surface area (TPSA) is 91.0 Å². The van der Waals surface area contributed by atoms with Crippen LogP contribution in [0.25, 0.3) is 11.0 Å². The fraction of sp³-hybridized carbons (Fsp3) is 0.273. The average Bonchev–Trinajstić information content (AvgIpc) is 3.34. The molecule has 30 heavy (non-hydrogen) atoms. The third-order valence-corrected chi connectivity index (χ3v) is 5.56. The van der Waals surface area contributed by atoms with Gasteiger partial charge in [-0.05, 0) is 49.2 Å². The summed E-state index contributed by atoms with van der Waals surface area (Å²) < 4.78 is 1.94. The molecular weight excluding hydrogens is 402 g/mol. The molecule has 8 heteroatoms. The zero-order valence-corrected chi connectivity index (χ0v) is 17.0. The number of anilines is 1. The maximum Gasteiger partial charge on any atom is 0.257 e. The molecule has 4 rings (SSSR count). The third-order valence-electron chi connectivity index (χ3n) is 5.31.